The number of esters is 1. The quantitative estimate of drug-likeness (QED) is 0.667. The third-order valence-electron chi connectivity index (χ3n) is 2.75. The van der Waals surface area contributed by atoms with E-state index in [0.29, 0.717) is 5.56 Å². The fourth-order valence-electron chi connectivity index (χ4n) is 1.74. The number of halogens is 2. The first kappa shape index (κ1) is 10.1. The first-order valence-corrected chi connectivity index (χ1v) is 4.71. The number of rotatable bonds is 1. The lowest BCUT2D eigenvalue weighted by atomic mass is 9.90. The first-order chi connectivity index (χ1) is 7.09. The first-order valence-electron chi connectivity index (χ1n) is 4.71. The van der Waals surface area contributed by atoms with Crippen LogP contribution in [0.3, 0.4) is 0 Å². The summed E-state index contributed by atoms with van der Waals surface area (Å²) >= 11 is 0. The van der Waals surface area contributed by atoms with Gasteiger partial charge in [0.25, 0.3) is 0 Å². The van der Waals surface area contributed by atoms with E-state index in [4.69, 9.17) is 4.74 Å². The molecule has 2 atom stereocenters. The smallest absolute Gasteiger partial charge is 0.309 e. The number of hydrogen-bond donors (Lipinski definition) is 0. The average molecular weight is 212 g/mol. The molecule has 80 valence electrons. The van der Waals surface area contributed by atoms with Gasteiger partial charge in [-0.1, -0.05) is 13.0 Å². The summed E-state index contributed by atoms with van der Waals surface area (Å²) in [5.74, 6) is -2.53. The Morgan fingerprint density at radius 1 is 1.33 bits per heavy atom. The molecular formula is C11H10F2O2. The summed E-state index contributed by atoms with van der Waals surface area (Å²) in [6.45, 7) is 1.96. The molecule has 1 aromatic carbocycles. The lowest BCUT2D eigenvalue weighted by Crippen LogP contribution is -2.10. The summed E-state index contributed by atoms with van der Waals surface area (Å²) < 4.78 is 30.5. The van der Waals surface area contributed by atoms with Gasteiger partial charge in [-0.05, 0) is 17.7 Å². The van der Waals surface area contributed by atoms with E-state index in [2.05, 4.69) is 0 Å². The SMILES string of the molecule is CC1C(=O)OCC1c1ccc(F)c(F)c1. The second-order valence-electron chi connectivity index (χ2n) is 3.70. The topological polar surface area (TPSA) is 26.3 Å². The summed E-state index contributed by atoms with van der Waals surface area (Å²) in [6, 6.07) is 3.68. The summed E-state index contributed by atoms with van der Waals surface area (Å²) in [7, 11) is 0. The molecule has 1 fully saturated rings. The largest absolute Gasteiger partial charge is 0.465 e. The van der Waals surface area contributed by atoms with Gasteiger partial charge in [-0.25, -0.2) is 8.78 Å². The molecule has 2 nitrogen and oxygen atoms in total. The molecule has 0 spiro atoms. The van der Waals surface area contributed by atoms with Gasteiger partial charge >= 0.3 is 5.97 Å². The molecule has 4 heteroatoms. The van der Waals surface area contributed by atoms with Crippen LogP contribution < -0.4 is 0 Å². The maximum Gasteiger partial charge on any atom is 0.309 e. The fourth-order valence-corrected chi connectivity index (χ4v) is 1.74. The molecule has 2 unspecified atom stereocenters. The molecule has 0 bridgehead atoms. The maximum absolute atomic E-state index is 13.0. The van der Waals surface area contributed by atoms with Gasteiger partial charge in [0.1, 0.15) is 0 Å². The predicted octanol–water partition coefficient (Wildman–Crippen LogP) is 2.24. The van der Waals surface area contributed by atoms with Crippen LogP contribution in [0.1, 0.15) is 18.4 Å². The minimum atomic E-state index is -0.890. The van der Waals surface area contributed by atoms with Crippen LogP contribution in [0.4, 0.5) is 8.78 Å². The normalized spacial score (nSPS) is 25.4. The number of cyclic esters (lactones) is 1. The Labute approximate surface area is 85.9 Å². The van der Waals surface area contributed by atoms with Crippen molar-refractivity contribution >= 4 is 5.97 Å². The van der Waals surface area contributed by atoms with Gasteiger partial charge in [-0.15, -0.1) is 0 Å². The Morgan fingerprint density at radius 2 is 2.07 bits per heavy atom. The zero-order valence-electron chi connectivity index (χ0n) is 8.17. The number of carbonyl (C=O) groups excluding carboxylic acids is 1. The van der Waals surface area contributed by atoms with E-state index >= 15 is 0 Å². The van der Waals surface area contributed by atoms with Crippen LogP contribution in [0.2, 0.25) is 0 Å². The van der Waals surface area contributed by atoms with E-state index in [0.717, 1.165) is 12.1 Å². The molecule has 0 aromatic heterocycles. The minimum Gasteiger partial charge on any atom is -0.465 e. The zero-order chi connectivity index (χ0) is 11.0. The molecule has 0 N–H and O–H groups in total. The molecule has 1 aliphatic rings. The standard InChI is InChI=1S/C11H10F2O2/c1-6-8(5-15-11(6)14)7-2-3-9(12)10(13)4-7/h2-4,6,8H,5H2,1H3. The highest BCUT2D eigenvalue weighted by atomic mass is 19.2. The Kier molecular flexibility index (Phi) is 2.42. The third kappa shape index (κ3) is 1.71. The predicted molar refractivity (Wildman–Crippen MR) is 49.2 cm³/mol. The van der Waals surface area contributed by atoms with E-state index < -0.39 is 11.6 Å². The Morgan fingerprint density at radius 3 is 2.60 bits per heavy atom. The number of ether oxygens (including phenoxy) is 1. The molecule has 1 aromatic rings. The van der Waals surface area contributed by atoms with Crippen molar-refractivity contribution in [3.05, 3.63) is 35.4 Å². The number of hydrogen-bond acceptors (Lipinski definition) is 2. The van der Waals surface area contributed by atoms with Gasteiger partial charge in [-0.3, -0.25) is 4.79 Å². The van der Waals surface area contributed by atoms with Gasteiger partial charge in [0.05, 0.1) is 12.5 Å². The van der Waals surface area contributed by atoms with Gasteiger partial charge in [0.15, 0.2) is 11.6 Å². The van der Waals surface area contributed by atoms with Crippen molar-refractivity contribution in [3.63, 3.8) is 0 Å². The van der Waals surface area contributed by atoms with Gasteiger partial charge in [0, 0.05) is 5.92 Å². The van der Waals surface area contributed by atoms with Crippen LogP contribution in [0.5, 0.6) is 0 Å². The highest BCUT2D eigenvalue weighted by Crippen LogP contribution is 2.31. The molecule has 0 aliphatic carbocycles. The van der Waals surface area contributed by atoms with E-state index in [1.165, 1.54) is 6.07 Å². The maximum atomic E-state index is 13.0. The van der Waals surface area contributed by atoms with Crippen molar-refractivity contribution in [2.75, 3.05) is 6.61 Å². The van der Waals surface area contributed by atoms with Crippen molar-refractivity contribution in [2.24, 2.45) is 5.92 Å². The van der Waals surface area contributed by atoms with E-state index in [1.807, 2.05) is 0 Å². The molecule has 0 radical (unpaired) electrons. The van der Waals surface area contributed by atoms with Crippen molar-refractivity contribution < 1.29 is 18.3 Å². The molecule has 0 saturated carbocycles. The molecule has 1 aliphatic heterocycles. The van der Waals surface area contributed by atoms with Crippen LogP contribution >= 0.6 is 0 Å². The Hall–Kier alpha value is -1.45. The van der Waals surface area contributed by atoms with E-state index in [1.54, 1.807) is 6.92 Å². The van der Waals surface area contributed by atoms with Crippen molar-refractivity contribution in [1.82, 2.24) is 0 Å². The minimum absolute atomic E-state index is 0.174. The molecule has 1 saturated heterocycles. The van der Waals surface area contributed by atoms with E-state index in [9.17, 15) is 13.6 Å². The van der Waals surface area contributed by atoms with Crippen molar-refractivity contribution in [1.29, 1.82) is 0 Å². The van der Waals surface area contributed by atoms with Gasteiger partial charge in [-0.2, -0.15) is 0 Å². The summed E-state index contributed by atoms with van der Waals surface area (Å²) in [5, 5.41) is 0. The monoisotopic (exact) mass is 212 g/mol. The highest BCUT2D eigenvalue weighted by molar-refractivity contribution is 5.75. The number of benzene rings is 1. The van der Waals surface area contributed by atoms with Crippen LogP contribution in [-0.2, 0) is 9.53 Å². The number of carbonyl (C=O) groups is 1. The molecular weight excluding hydrogens is 202 g/mol. The average Bonchev–Trinajstić information content (AvgIpc) is 2.53. The Bertz CT molecular complexity index is 404. The lowest BCUT2D eigenvalue weighted by Gasteiger charge is -2.11. The van der Waals surface area contributed by atoms with Crippen LogP contribution in [0.25, 0.3) is 0 Å². The molecule has 0 amide bonds. The summed E-state index contributed by atoms with van der Waals surface area (Å²) in [5.41, 5.74) is 0.604. The summed E-state index contributed by atoms with van der Waals surface area (Å²) in [6.07, 6.45) is 0. The molecule has 1 heterocycles. The van der Waals surface area contributed by atoms with Crippen LogP contribution in [-0.4, -0.2) is 12.6 Å². The molecule has 15 heavy (non-hydrogen) atoms. The lowest BCUT2D eigenvalue weighted by molar-refractivity contribution is -0.140. The van der Waals surface area contributed by atoms with Crippen molar-refractivity contribution in [2.45, 2.75) is 12.8 Å². The van der Waals surface area contributed by atoms with E-state index in [-0.39, 0.29) is 24.4 Å². The zero-order valence-corrected chi connectivity index (χ0v) is 8.17. The van der Waals surface area contributed by atoms with Gasteiger partial charge < -0.3 is 4.74 Å². The van der Waals surface area contributed by atoms with Gasteiger partial charge in [0.2, 0.25) is 0 Å². The fraction of sp³-hybridized carbons (Fsp3) is 0.364. The second-order valence-corrected chi connectivity index (χ2v) is 3.70. The molecule has 2 rings (SSSR count). The highest BCUT2D eigenvalue weighted by Gasteiger charge is 2.34. The Balaban J connectivity index is 2.30. The summed E-state index contributed by atoms with van der Waals surface area (Å²) in [4.78, 5) is 11.1. The van der Waals surface area contributed by atoms with Crippen LogP contribution in [0, 0.1) is 17.6 Å². The third-order valence-corrected chi connectivity index (χ3v) is 2.75. The van der Waals surface area contributed by atoms with Crippen LogP contribution in [0.15, 0.2) is 18.2 Å². The van der Waals surface area contributed by atoms with Crippen molar-refractivity contribution in [3.8, 4) is 0 Å². The second kappa shape index (κ2) is 3.61.